The fraction of sp³-hybridized carbons (Fsp3) is 0.143. The first-order valence-electron chi connectivity index (χ1n) is 4.26. The highest BCUT2D eigenvalue weighted by Crippen LogP contribution is 2.29. The van der Waals surface area contributed by atoms with Crippen LogP contribution in [0.4, 0.5) is 5.13 Å². The number of hydrogen-bond acceptors (Lipinski definition) is 8. The van der Waals surface area contributed by atoms with E-state index in [9.17, 15) is 13.2 Å². The van der Waals surface area contributed by atoms with Crippen LogP contribution in [0.1, 0.15) is 6.92 Å². The number of nitrogens with one attached hydrogen (secondary N) is 1. The van der Waals surface area contributed by atoms with E-state index in [1.54, 1.807) is 0 Å². The molecule has 1 N–H and O–H groups in total. The maximum absolute atomic E-state index is 12.0. The Morgan fingerprint density at radius 2 is 2.12 bits per heavy atom. The van der Waals surface area contributed by atoms with Crippen LogP contribution in [0.3, 0.4) is 0 Å². The van der Waals surface area contributed by atoms with E-state index in [1.807, 2.05) is 0 Å². The van der Waals surface area contributed by atoms with Crippen LogP contribution >= 0.6 is 22.9 Å². The van der Waals surface area contributed by atoms with Gasteiger partial charge in [-0.05, 0) is 0 Å². The fourth-order valence-corrected chi connectivity index (χ4v) is 4.27. The molecule has 0 saturated heterocycles. The van der Waals surface area contributed by atoms with Crippen LogP contribution < -0.4 is 5.32 Å². The van der Waals surface area contributed by atoms with Crippen molar-refractivity contribution in [2.24, 2.45) is 0 Å². The molecular weight excluding hydrogens is 284 g/mol. The SMILES string of the molecule is CC(=O)Nc1ncc(S(=O)(=O)c2cnns2)s1. The van der Waals surface area contributed by atoms with Gasteiger partial charge < -0.3 is 5.32 Å². The highest BCUT2D eigenvalue weighted by atomic mass is 32.3. The van der Waals surface area contributed by atoms with E-state index in [2.05, 4.69) is 19.9 Å². The van der Waals surface area contributed by atoms with Crippen LogP contribution in [0.25, 0.3) is 0 Å². The van der Waals surface area contributed by atoms with E-state index in [-0.39, 0.29) is 19.5 Å². The summed E-state index contributed by atoms with van der Waals surface area (Å²) in [6.07, 6.45) is 2.38. The number of thiazole rings is 1. The van der Waals surface area contributed by atoms with Gasteiger partial charge in [0.25, 0.3) is 0 Å². The molecule has 0 atom stereocenters. The van der Waals surface area contributed by atoms with Crippen molar-refractivity contribution < 1.29 is 13.2 Å². The fourth-order valence-electron chi connectivity index (χ4n) is 0.968. The topological polar surface area (TPSA) is 102 Å². The average molecular weight is 290 g/mol. The Labute approximate surface area is 105 Å². The van der Waals surface area contributed by atoms with Gasteiger partial charge in [0.05, 0.1) is 12.4 Å². The molecule has 90 valence electrons. The number of carbonyl (C=O) groups is 1. The van der Waals surface area contributed by atoms with Crippen molar-refractivity contribution >= 4 is 43.7 Å². The number of amides is 1. The minimum absolute atomic E-state index is 0.0484. The van der Waals surface area contributed by atoms with Crippen molar-refractivity contribution in [2.45, 2.75) is 15.3 Å². The molecule has 2 aromatic rings. The molecule has 0 aliphatic carbocycles. The Balaban J connectivity index is 2.35. The molecule has 0 bridgehead atoms. The maximum Gasteiger partial charge on any atom is 0.230 e. The van der Waals surface area contributed by atoms with Crippen molar-refractivity contribution in [2.75, 3.05) is 5.32 Å². The lowest BCUT2D eigenvalue weighted by atomic mass is 10.7. The number of aromatic nitrogens is 3. The number of hydrogen-bond donors (Lipinski definition) is 1. The third kappa shape index (κ3) is 2.48. The molecular formula is C7H6N4O3S3. The highest BCUT2D eigenvalue weighted by molar-refractivity contribution is 7.95. The van der Waals surface area contributed by atoms with Crippen molar-refractivity contribution in [3.63, 3.8) is 0 Å². The zero-order valence-corrected chi connectivity index (χ0v) is 10.9. The highest BCUT2D eigenvalue weighted by Gasteiger charge is 2.23. The summed E-state index contributed by atoms with van der Waals surface area (Å²) in [6, 6.07) is 0. The number of rotatable bonds is 3. The van der Waals surface area contributed by atoms with Crippen LogP contribution in [-0.2, 0) is 14.6 Å². The molecule has 0 fully saturated rings. The predicted molar refractivity (Wildman–Crippen MR) is 61.8 cm³/mol. The van der Waals surface area contributed by atoms with Gasteiger partial charge >= 0.3 is 0 Å². The van der Waals surface area contributed by atoms with E-state index in [4.69, 9.17) is 0 Å². The molecule has 1 amide bonds. The summed E-state index contributed by atoms with van der Waals surface area (Å²) in [5.41, 5.74) is 0. The van der Waals surface area contributed by atoms with Crippen LogP contribution in [-0.4, -0.2) is 28.9 Å². The maximum atomic E-state index is 12.0. The summed E-state index contributed by atoms with van der Waals surface area (Å²) < 4.78 is 27.6. The normalized spacial score (nSPS) is 11.4. The second-order valence-corrected chi connectivity index (χ2v) is 7.13. The molecule has 0 unspecified atom stereocenters. The largest absolute Gasteiger partial charge is 0.302 e. The minimum atomic E-state index is -3.61. The molecule has 0 aliphatic rings. The van der Waals surface area contributed by atoms with Crippen LogP contribution in [0.5, 0.6) is 0 Å². The first-order valence-corrected chi connectivity index (χ1v) is 7.33. The van der Waals surface area contributed by atoms with Gasteiger partial charge in [-0.15, -0.1) is 5.10 Å². The summed E-state index contributed by atoms with van der Waals surface area (Å²) in [5, 5.41) is 6.14. The Hall–Kier alpha value is -1.39. The van der Waals surface area contributed by atoms with Crippen LogP contribution in [0.2, 0.25) is 0 Å². The van der Waals surface area contributed by atoms with Crippen LogP contribution in [0, 0.1) is 0 Å². The molecule has 0 spiro atoms. The minimum Gasteiger partial charge on any atom is -0.302 e. The predicted octanol–water partition coefficient (Wildman–Crippen LogP) is 0.786. The average Bonchev–Trinajstić information content (AvgIpc) is 2.85. The summed E-state index contributed by atoms with van der Waals surface area (Å²) in [7, 11) is -3.61. The van der Waals surface area contributed by atoms with Gasteiger partial charge in [0, 0.05) is 18.5 Å². The van der Waals surface area contributed by atoms with E-state index in [0.717, 1.165) is 22.9 Å². The molecule has 0 aromatic carbocycles. The molecule has 0 aliphatic heterocycles. The Kier molecular flexibility index (Phi) is 3.17. The molecule has 0 radical (unpaired) electrons. The third-order valence-corrected chi connectivity index (χ3v) is 5.87. The lowest BCUT2D eigenvalue weighted by Crippen LogP contribution is -2.04. The first-order chi connectivity index (χ1) is 8.00. The second-order valence-electron chi connectivity index (χ2n) is 2.91. The summed E-state index contributed by atoms with van der Waals surface area (Å²) in [5.74, 6) is -0.303. The van der Waals surface area contributed by atoms with Crippen molar-refractivity contribution in [1.82, 2.24) is 14.6 Å². The number of anilines is 1. The second kappa shape index (κ2) is 4.47. The summed E-state index contributed by atoms with van der Waals surface area (Å²) in [6.45, 7) is 1.32. The number of nitrogens with zero attached hydrogens (tertiary/aromatic N) is 3. The lowest BCUT2D eigenvalue weighted by Gasteiger charge is -1.94. The van der Waals surface area contributed by atoms with E-state index in [1.165, 1.54) is 19.3 Å². The van der Waals surface area contributed by atoms with Gasteiger partial charge in [0.1, 0.15) is 4.21 Å². The summed E-state index contributed by atoms with van der Waals surface area (Å²) >= 11 is 1.68. The van der Waals surface area contributed by atoms with E-state index < -0.39 is 9.84 Å². The monoisotopic (exact) mass is 290 g/mol. The molecule has 0 saturated carbocycles. The van der Waals surface area contributed by atoms with E-state index >= 15 is 0 Å². The zero-order chi connectivity index (χ0) is 12.5. The van der Waals surface area contributed by atoms with Crippen LogP contribution in [0.15, 0.2) is 20.8 Å². The number of carbonyl (C=O) groups excluding carboxylic acids is 1. The number of sulfone groups is 1. The quantitative estimate of drug-likeness (QED) is 0.896. The zero-order valence-electron chi connectivity index (χ0n) is 8.45. The Morgan fingerprint density at radius 3 is 2.71 bits per heavy atom. The molecule has 2 heterocycles. The molecule has 17 heavy (non-hydrogen) atoms. The van der Waals surface area contributed by atoms with E-state index in [0.29, 0.717) is 0 Å². The van der Waals surface area contributed by atoms with Crippen molar-refractivity contribution in [3.8, 4) is 0 Å². The first kappa shape index (κ1) is 12.1. The summed E-state index contributed by atoms with van der Waals surface area (Å²) in [4.78, 5) is 14.6. The van der Waals surface area contributed by atoms with Gasteiger partial charge in [-0.1, -0.05) is 15.8 Å². The molecule has 2 rings (SSSR count). The van der Waals surface area contributed by atoms with Gasteiger partial charge in [0.15, 0.2) is 9.34 Å². The third-order valence-electron chi connectivity index (χ3n) is 1.64. The lowest BCUT2D eigenvalue weighted by molar-refractivity contribution is -0.114. The smallest absolute Gasteiger partial charge is 0.230 e. The van der Waals surface area contributed by atoms with Crippen molar-refractivity contribution in [1.29, 1.82) is 0 Å². The Morgan fingerprint density at radius 1 is 1.35 bits per heavy atom. The van der Waals surface area contributed by atoms with Gasteiger partial charge in [-0.2, -0.15) is 0 Å². The Bertz CT molecular complexity index is 631. The standard InChI is InChI=1S/C7H6N4O3S3/c1-4(12)10-7-8-2-5(15-7)17(13,14)6-3-9-11-16-6/h2-3H,1H3,(H,8,10,12). The van der Waals surface area contributed by atoms with Crippen molar-refractivity contribution in [3.05, 3.63) is 12.4 Å². The van der Waals surface area contributed by atoms with Gasteiger partial charge in [-0.25, -0.2) is 13.4 Å². The molecule has 7 nitrogen and oxygen atoms in total. The molecule has 10 heteroatoms. The van der Waals surface area contributed by atoms with Gasteiger partial charge in [0.2, 0.25) is 15.7 Å². The molecule has 2 aromatic heterocycles. The van der Waals surface area contributed by atoms with Gasteiger partial charge in [-0.3, -0.25) is 4.79 Å².